The lowest BCUT2D eigenvalue weighted by Crippen LogP contribution is -2.34. The number of piperidine rings is 1. The number of hydrogen-bond acceptors (Lipinski definition) is 3. The zero-order chi connectivity index (χ0) is 13.4. The Labute approximate surface area is 108 Å². The summed E-state index contributed by atoms with van der Waals surface area (Å²) in [5, 5.41) is 8.98. The summed E-state index contributed by atoms with van der Waals surface area (Å²) in [4.78, 5) is 9.25. The van der Waals surface area contributed by atoms with Gasteiger partial charge in [-0.25, -0.2) is 13.8 Å². The largest absolute Gasteiger partial charge is 0.342 e. The second kappa shape index (κ2) is 4.50. The molecule has 98 valence electrons. The first-order valence-corrected chi connectivity index (χ1v) is 6.16. The fourth-order valence-corrected chi connectivity index (χ4v) is 2.36. The van der Waals surface area contributed by atoms with Crippen molar-refractivity contribution in [2.45, 2.75) is 19.0 Å². The van der Waals surface area contributed by atoms with Crippen LogP contribution in [0.2, 0.25) is 0 Å². The molecule has 6 heteroatoms. The van der Waals surface area contributed by atoms with Crippen molar-refractivity contribution in [3.05, 3.63) is 23.5 Å². The van der Waals surface area contributed by atoms with E-state index in [0.717, 1.165) is 0 Å². The summed E-state index contributed by atoms with van der Waals surface area (Å²) < 4.78 is 26.4. The van der Waals surface area contributed by atoms with Gasteiger partial charge < -0.3 is 9.88 Å². The number of anilines is 1. The van der Waals surface area contributed by atoms with Crippen molar-refractivity contribution in [2.24, 2.45) is 0 Å². The third-order valence-corrected chi connectivity index (χ3v) is 3.38. The second-order valence-corrected chi connectivity index (χ2v) is 4.68. The Morgan fingerprint density at radius 3 is 2.79 bits per heavy atom. The molecule has 0 amide bonds. The van der Waals surface area contributed by atoms with Gasteiger partial charge in [0.05, 0.1) is 11.1 Å². The summed E-state index contributed by atoms with van der Waals surface area (Å²) in [6.45, 7) is 1.15. The van der Waals surface area contributed by atoms with Crippen molar-refractivity contribution in [1.82, 2.24) is 9.97 Å². The van der Waals surface area contributed by atoms with Crippen LogP contribution < -0.4 is 4.90 Å². The molecule has 19 heavy (non-hydrogen) atoms. The van der Waals surface area contributed by atoms with Crippen LogP contribution in [-0.4, -0.2) is 29.2 Å². The van der Waals surface area contributed by atoms with Gasteiger partial charge in [0, 0.05) is 13.1 Å². The Bertz CT molecular complexity index is 650. The van der Waals surface area contributed by atoms with Gasteiger partial charge in [-0.2, -0.15) is 5.26 Å². The van der Waals surface area contributed by atoms with Gasteiger partial charge in [-0.15, -0.1) is 0 Å². The van der Waals surface area contributed by atoms with Crippen LogP contribution >= 0.6 is 0 Å². The lowest BCUT2D eigenvalue weighted by molar-refractivity contribution is 0.276. The van der Waals surface area contributed by atoms with Crippen LogP contribution in [0.1, 0.15) is 18.4 Å². The summed E-state index contributed by atoms with van der Waals surface area (Å²) in [7, 11) is 0. The number of nitriles is 1. The molecule has 2 aromatic rings. The van der Waals surface area contributed by atoms with Crippen molar-refractivity contribution in [1.29, 1.82) is 5.26 Å². The van der Waals surface area contributed by atoms with Crippen LogP contribution in [0.25, 0.3) is 11.0 Å². The highest BCUT2D eigenvalue weighted by Crippen LogP contribution is 2.24. The lowest BCUT2D eigenvalue weighted by atomic mass is 10.1. The molecule has 0 spiro atoms. The maximum Gasteiger partial charge on any atom is 0.203 e. The highest BCUT2D eigenvalue weighted by atomic mass is 19.1. The van der Waals surface area contributed by atoms with Crippen molar-refractivity contribution in [3.63, 3.8) is 0 Å². The Morgan fingerprint density at radius 1 is 1.37 bits per heavy atom. The van der Waals surface area contributed by atoms with Gasteiger partial charge in [-0.05, 0) is 25.0 Å². The molecule has 1 aromatic carbocycles. The Kier molecular flexibility index (Phi) is 2.82. The van der Waals surface area contributed by atoms with E-state index in [0.29, 0.717) is 42.9 Å². The highest BCUT2D eigenvalue weighted by molar-refractivity contribution is 5.83. The van der Waals surface area contributed by atoms with Gasteiger partial charge in [0.2, 0.25) is 5.95 Å². The average molecular weight is 262 g/mol. The molecular formula is C13H12F2N4. The number of alkyl halides is 1. The number of H-pyrrole nitrogens is 1. The van der Waals surface area contributed by atoms with Crippen LogP contribution in [0.15, 0.2) is 12.1 Å². The van der Waals surface area contributed by atoms with Crippen LogP contribution in [-0.2, 0) is 0 Å². The standard InChI is InChI=1S/C13H12F2N4/c14-9-1-3-19(4-2-9)13-17-11-6-10(15)5-8(7-16)12(11)18-13/h5-6,9H,1-4H2,(H,17,18). The summed E-state index contributed by atoms with van der Waals surface area (Å²) in [5.74, 6) is 0.103. The lowest BCUT2D eigenvalue weighted by Gasteiger charge is -2.28. The van der Waals surface area contributed by atoms with E-state index in [4.69, 9.17) is 5.26 Å². The van der Waals surface area contributed by atoms with Crippen molar-refractivity contribution in [3.8, 4) is 6.07 Å². The van der Waals surface area contributed by atoms with Gasteiger partial charge in [0.25, 0.3) is 0 Å². The van der Waals surface area contributed by atoms with E-state index in [9.17, 15) is 8.78 Å². The molecule has 0 atom stereocenters. The van der Waals surface area contributed by atoms with Gasteiger partial charge in [0.1, 0.15) is 23.6 Å². The molecule has 3 rings (SSSR count). The minimum absolute atomic E-state index is 0.206. The van der Waals surface area contributed by atoms with Crippen molar-refractivity contribution in [2.75, 3.05) is 18.0 Å². The number of halogens is 2. The van der Waals surface area contributed by atoms with Crippen LogP contribution in [0.5, 0.6) is 0 Å². The molecule has 1 aliphatic rings. The van der Waals surface area contributed by atoms with Gasteiger partial charge in [-0.1, -0.05) is 0 Å². The predicted octanol–water partition coefficient (Wildman–Crippen LogP) is 2.51. The number of aromatic nitrogens is 2. The fourth-order valence-electron chi connectivity index (χ4n) is 2.36. The molecule has 1 N–H and O–H groups in total. The molecule has 0 saturated carbocycles. The van der Waals surface area contributed by atoms with Crippen molar-refractivity contribution < 1.29 is 8.78 Å². The minimum atomic E-state index is -0.757. The van der Waals surface area contributed by atoms with Crippen LogP contribution in [0.4, 0.5) is 14.7 Å². The maximum absolute atomic E-state index is 13.3. The smallest absolute Gasteiger partial charge is 0.203 e. The normalized spacial score (nSPS) is 16.8. The molecule has 0 unspecified atom stereocenters. The number of hydrogen-bond donors (Lipinski definition) is 1. The number of benzene rings is 1. The molecule has 0 radical (unpaired) electrons. The Balaban J connectivity index is 2.00. The zero-order valence-corrected chi connectivity index (χ0v) is 10.2. The third-order valence-electron chi connectivity index (χ3n) is 3.38. The molecule has 0 bridgehead atoms. The number of imidazole rings is 1. The topological polar surface area (TPSA) is 55.7 Å². The molecular weight excluding hydrogens is 250 g/mol. The van der Waals surface area contributed by atoms with Crippen LogP contribution in [0, 0.1) is 17.1 Å². The SMILES string of the molecule is N#Cc1cc(F)cc2[nH]c(N3CCC(F)CC3)nc12. The van der Waals surface area contributed by atoms with E-state index in [1.165, 1.54) is 12.1 Å². The number of nitrogens with zero attached hydrogens (tertiary/aromatic N) is 3. The number of aromatic amines is 1. The maximum atomic E-state index is 13.3. The summed E-state index contributed by atoms with van der Waals surface area (Å²) in [5.41, 5.74) is 1.16. The van der Waals surface area contributed by atoms with E-state index in [1.807, 2.05) is 11.0 Å². The van der Waals surface area contributed by atoms with Gasteiger partial charge in [-0.3, -0.25) is 0 Å². The molecule has 2 heterocycles. The van der Waals surface area contributed by atoms with E-state index >= 15 is 0 Å². The van der Waals surface area contributed by atoms with Crippen molar-refractivity contribution >= 4 is 17.0 Å². The summed E-state index contributed by atoms with van der Waals surface area (Å²) >= 11 is 0. The van der Waals surface area contributed by atoms with Gasteiger partial charge in [0.15, 0.2) is 0 Å². The van der Waals surface area contributed by atoms with Crippen LogP contribution in [0.3, 0.4) is 0 Å². The van der Waals surface area contributed by atoms with E-state index in [1.54, 1.807) is 0 Å². The fraction of sp³-hybridized carbons (Fsp3) is 0.385. The zero-order valence-electron chi connectivity index (χ0n) is 10.2. The average Bonchev–Trinajstić information content (AvgIpc) is 2.82. The monoisotopic (exact) mass is 262 g/mol. The van der Waals surface area contributed by atoms with Gasteiger partial charge >= 0.3 is 0 Å². The Hall–Kier alpha value is -2.16. The first kappa shape index (κ1) is 11.9. The summed E-state index contributed by atoms with van der Waals surface area (Å²) in [6, 6.07) is 4.41. The molecule has 0 aliphatic carbocycles. The van der Waals surface area contributed by atoms with E-state index in [-0.39, 0.29) is 5.56 Å². The quantitative estimate of drug-likeness (QED) is 0.859. The minimum Gasteiger partial charge on any atom is -0.342 e. The first-order chi connectivity index (χ1) is 9.17. The Morgan fingerprint density at radius 2 is 2.11 bits per heavy atom. The third kappa shape index (κ3) is 2.12. The van der Waals surface area contributed by atoms with E-state index in [2.05, 4.69) is 9.97 Å². The summed E-state index contributed by atoms with van der Waals surface area (Å²) in [6.07, 6.45) is 0.181. The second-order valence-electron chi connectivity index (χ2n) is 4.68. The molecule has 1 aromatic heterocycles. The number of fused-ring (bicyclic) bond motifs is 1. The highest BCUT2D eigenvalue weighted by Gasteiger charge is 2.21. The molecule has 4 nitrogen and oxygen atoms in total. The predicted molar refractivity (Wildman–Crippen MR) is 67.1 cm³/mol. The molecule has 1 aliphatic heterocycles. The number of rotatable bonds is 1. The van der Waals surface area contributed by atoms with E-state index < -0.39 is 12.0 Å². The molecule has 1 fully saturated rings. The molecule has 1 saturated heterocycles. The number of nitrogens with one attached hydrogen (secondary N) is 1. The first-order valence-electron chi connectivity index (χ1n) is 6.16.